The molecular weight excluding hydrogens is 340 g/mol. The summed E-state index contributed by atoms with van der Waals surface area (Å²) in [5.41, 5.74) is 0.313. The molecule has 7 heteroatoms. The standard InChI is InChI=1S/C18H22N2O4S/c1-14(2)19-18(21)13-20(25(3,22)23)16-11-7-8-12-17(16)24-15-9-5-4-6-10-15/h4-12,14H,13H2,1-3H3,(H,19,21). The Bertz CT molecular complexity index is 820. The van der Waals surface area contributed by atoms with Gasteiger partial charge in [0.15, 0.2) is 5.75 Å². The van der Waals surface area contributed by atoms with Crippen molar-refractivity contribution < 1.29 is 17.9 Å². The maximum Gasteiger partial charge on any atom is 0.240 e. The second kappa shape index (κ2) is 8.02. The van der Waals surface area contributed by atoms with E-state index in [1.807, 2.05) is 32.0 Å². The Labute approximate surface area is 148 Å². The van der Waals surface area contributed by atoms with Gasteiger partial charge in [0.1, 0.15) is 12.3 Å². The predicted octanol–water partition coefficient (Wildman–Crippen LogP) is 2.77. The number of hydrogen-bond donors (Lipinski definition) is 1. The summed E-state index contributed by atoms with van der Waals surface area (Å²) in [5.74, 6) is 0.557. The number of rotatable bonds is 7. The van der Waals surface area contributed by atoms with E-state index in [9.17, 15) is 13.2 Å². The Hall–Kier alpha value is -2.54. The smallest absolute Gasteiger partial charge is 0.240 e. The first kappa shape index (κ1) is 18.8. The lowest BCUT2D eigenvalue weighted by Crippen LogP contribution is -2.42. The van der Waals surface area contributed by atoms with Crippen LogP contribution in [0.3, 0.4) is 0 Å². The van der Waals surface area contributed by atoms with Crippen molar-refractivity contribution in [2.45, 2.75) is 19.9 Å². The van der Waals surface area contributed by atoms with Crippen molar-refractivity contribution in [1.29, 1.82) is 0 Å². The van der Waals surface area contributed by atoms with Crippen LogP contribution in [-0.2, 0) is 14.8 Å². The van der Waals surface area contributed by atoms with Crippen LogP contribution in [-0.4, -0.2) is 33.2 Å². The highest BCUT2D eigenvalue weighted by Crippen LogP contribution is 2.33. The molecule has 2 aromatic rings. The van der Waals surface area contributed by atoms with Gasteiger partial charge in [0.25, 0.3) is 0 Å². The summed E-state index contributed by atoms with van der Waals surface area (Å²) in [7, 11) is -3.67. The summed E-state index contributed by atoms with van der Waals surface area (Å²) >= 11 is 0. The average molecular weight is 362 g/mol. The Morgan fingerprint density at radius 2 is 1.68 bits per heavy atom. The predicted molar refractivity (Wildman–Crippen MR) is 98.4 cm³/mol. The van der Waals surface area contributed by atoms with E-state index in [4.69, 9.17) is 4.74 Å². The number of para-hydroxylation sites is 3. The third-order valence-corrected chi connectivity index (χ3v) is 4.37. The zero-order chi connectivity index (χ0) is 18.4. The van der Waals surface area contributed by atoms with Gasteiger partial charge in [-0.05, 0) is 38.1 Å². The first-order valence-corrected chi connectivity index (χ1v) is 9.71. The van der Waals surface area contributed by atoms with Crippen molar-refractivity contribution in [2.75, 3.05) is 17.1 Å². The fourth-order valence-corrected chi connectivity index (χ4v) is 3.10. The summed E-state index contributed by atoms with van der Waals surface area (Å²) in [6.45, 7) is 3.32. The number of hydrogen-bond acceptors (Lipinski definition) is 4. The first-order valence-electron chi connectivity index (χ1n) is 7.86. The zero-order valence-electron chi connectivity index (χ0n) is 14.5. The van der Waals surface area contributed by atoms with E-state index in [0.717, 1.165) is 10.6 Å². The van der Waals surface area contributed by atoms with E-state index in [1.54, 1.807) is 36.4 Å². The summed E-state index contributed by atoms with van der Waals surface area (Å²) in [5, 5.41) is 2.70. The number of carbonyl (C=O) groups is 1. The second-order valence-corrected chi connectivity index (χ2v) is 7.78. The molecule has 0 atom stereocenters. The Morgan fingerprint density at radius 3 is 2.28 bits per heavy atom. The molecule has 2 rings (SSSR count). The molecule has 0 aliphatic heterocycles. The molecule has 0 saturated carbocycles. The minimum atomic E-state index is -3.67. The van der Waals surface area contributed by atoms with Crippen LogP contribution in [0.1, 0.15) is 13.8 Å². The molecule has 0 saturated heterocycles. The Morgan fingerprint density at radius 1 is 1.08 bits per heavy atom. The maximum atomic E-state index is 12.2. The van der Waals surface area contributed by atoms with E-state index < -0.39 is 10.0 Å². The third kappa shape index (κ3) is 5.49. The van der Waals surface area contributed by atoms with Crippen molar-refractivity contribution >= 4 is 21.6 Å². The van der Waals surface area contributed by atoms with Gasteiger partial charge in [0, 0.05) is 6.04 Å². The van der Waals surface area contributed by atoms with Gasteiger partial charge < -0.3 is 10.1 Å². The quantitative estimate of drug-likeness (QED) is 0.822. The highest BCUT2D eigenvalue weighted by atomic mass is 32.2. The molecule has 6 nitrogen and oxygen atoms in total. The minimum Gasteiger partial charge on any atom is -0.455 e. The van der Waals surface area contributed by atoms with Crippen LogP contribution in [0, 0.1) is 0 Å². The van der Waals surface area contributed by atoms with E-state index in [1.165, 1.54) is 0 Å². The number of anilines is 1. The molecule has 0 spiro atoms. The lowest BCUT2D eigenvalue weighted by Gasteiger charge is -2.24. The zero-order valence-corrected chi connectivity index (χ0v) is 15.3. The molecule has 1 N–H and O–H groups in total. The van der Waals surface area contributed by atoms with Crippen LogP contribution in [0.25, 0.3) is 0 Å². The molecule has 0 unspecified atom stereocenters. The molecule has 0 bridgehead atoms. The molecule has 0 aliphatic carbocycles. The van der Waals surface area contributed by atoms with Gasteiger partial charge in [-0.2, -0.15) is 0 Å². The first-order chi connectivity index (χ1) is 11.8. The number of sulfonamides is 1. The van der Waals surface area contributed by atoms with Gasteiger partial charge in [-0.1, -0.05) is 30.3 Å². The summed E-state index contributed by atoms with van der Waals surface area (Å²) in [4.78, 5) is 12.1. The fourth-order valence-electron chi connectivity index (χ4n) is 2.24. The van der Waals surface area contributed by atoms with Crippen LogP contribution >= 0.6 is 0 Å². The molecule has 134 valence electrons. The molecule has 0 heterocycles. The average Bonchev–Trinajstić information content (AvgIpc) is 2.53. The van der Waals surface area contributed by atoms with Crippen molar-refractivity contribution in [3.8, 4) is 11.5 Å². The van der Waals surface area contributed by atoms with Gasteiger partial charge >= 0.3 is 0 Å². The lowest BCUT2D eigenvalue weighted by atomic mass is 10.2. The van der Waals surface area contributed by atoms with Crippen molar-refractivity contribution in [2.24, 2.45) is 0 Å². The van der Waals surface area contributed by atoms with Crippen molar-refractivity contribution in [1.82, 2.24) is 5.32 Å². The van der Waals surface area contributed by atoms with Crippen LogP contribution in [0.5, 0.6) is 11.5 Å². The van der Waals surface area contributed by atoms with Crippen molar-refractivity contribution in [3.05, 3.63) is 54.6 Å². The largest absolute Gasteiger partial charge is 0.455 e. The number of carbonyl (C=O) groups excluding carboxylic acids is 1. The van der Waals surface area contributed by atoms with Crippen LogP contribution in [0.15, 0.2) is 54.6 Å². The maximum absolute atomic E-state index is 12.2. The van der Waals surface area contributed by atoms with E-state index in [2.05, 4.69) is 5.32 Å². The minimum absolute atomic E-state index is 0.0790. The molecule has 0 radical (unpaired) electrons. The number of nitrogens with one attached hydrogen (secondary N) is 1. The molecule has 1 amide bonds. The van der Waals surface area contributed by atoms with Crippen molar-refractivity contribution in [3.63, 3.8) is 0 Å². The molecule has 0 aromatic heterocycles. The van der Waals surface area contributed by atoms with Crippen LogP contribution < -0.4 is 14.4 Å². The number of ether oxygens (including phenoxy) is 1. The normalized spacial score (nSPS) is 11.2. The van der Waals surface area contributed by atoms with Gasteiger partial charge in [-0.3, -0.25) is 9.10 Å². The fraction of sp³-hybridized carbons (Fsp3) is 0.278. The highest BCUT2D eigenvalue weighted by Gasteiger charge is 2.24. The SMILES string of the molecule is CC(C)NC(=O)CN(c1ccccc1Oc1ccccc1)S(C)(=O)=O. The van der Waals surface area contributed by atoms with E-state index >= 15 is 0 Å². The lowest BCUT2D eigenvalue weighted by molar-refractivity contribution is -0.120. The van der Waals surface area contributed by atoms with E-state index in [-0.39, 0.29) is 18.5 Å². The highest BCUT2D eigenvalue weighted by molar-refractivity contribution is 7.92. The molecule has 0 aliphatic rings. The number of nitrogens with zero attached hydrogens (tertiary/aromatic N) is 1. The van der Waals surface area contributed by atoms with Gasteiger partial charge in [0.2, 0.25) is 15.9 Å². The monoisotopic (exact) mass is 362 g/mol. The summed E-state index contributed by atoms with van der Waals surface area (Å²) in [6.07, 6.45) is 1.06. The van der Waals surface area contributed by atoms with Gasteiger partial charge in [0.05, 0.1) is 11.9 Å². The Balaban J connectivity index is 2.36. The summed E-state index contributed by atoms with van der Waals surface area (Å²) in [6, 6.07) is 15.7. The molecule has 0 fully saturated rings. The molecule has 25 heavy (non-hydrogen) atoms. The second-order valence-electron chi connectivity index (χ2n) is 5.87. The number of amides is 1. The van der Waals surface area contributed by atoms with Gasteiger partial charge in [-0.25, -0.2) is 8.42 Å². The van der Waals surface area contributed by atoms with E-state index in [0.29, 0.717) is 17.2 Å². The molecular formula is C18H22N2O4S. The number of benzene rings is 2. The summed E-state index contributed by atoms with van der Waals surface area (Å²) < 4.78 is 31.4. The Kier molecular flexibility index (Phi) is 6.03. The van der Waals surface area contributed by atoms with Gasteiger partial charge in [-0.15, -0.1) is 0 Å². The third-order valence-electron chi connectivity index (χ3n) is 3.24. The topological polar surface area (TPSA) is 75.7 Å². The van der Waals surface area contributed by atoms with Crippen LogP contribution in [0.4, 0.5) is 5.69 Å². The molecule has 2 aromatic carbocycles. The van der Waals surface area contributed by atoms with Crippen LogP contribution in [0.2, 0.25) is 0 Å².